The van der Waals surface area contributed by atoms with E-state index in [9.17, 15) is 9.59 Å². The second kappa shape index (κ2) is 9.75. The van der Waals surface area contributed by atoms with Crippen LogP contribution in [0.1, 0.15) is 27.7 Å². The molecule has 1 fully saturated rings. The number of hydrogen-bond acceptors (Lipinski definition) is 7. The normalized spacial score (nSPS) is 18.5. The van der Waals surface area contributed by atoms with Crippen molar-refractivity contribution in [2.75, 3.05) is 33.8 Å². The van der Waals surface area contributed by atoms with E-state index in [1.807, 2.05) is 39.2 Å². The quantitative estimate of drug-likeness (QED) is 0.532. The van der Waals surface area contributed by atoms with E-state index in [-0.39, 0.29) is 30.1 Å². The third kappa shape index (κ3) is 4.70. The van der Waals surface area contributed by atoms with Crippen LogP contribution in [0.15, 0.2) is 29.5 Å². The zero-order valence-corrected chi connectivity index (χ0v) is 18.4. The predicted octanol–water partition coefficient (Wildman–Crippen LogP) is -0.0908. The number of nitrogens with one attached hydrogen (secondary N) is 1. The van der Waals surface area contributed by atoms with Crippen molar-refractivity contribution >= 4 is 18.0 Å². The van der Waals surface area contributed by atoms with Gasteiger partial charge in [-0.05, 0) is 21.0 Å². The molecule has 3 aromatic rings. The molecule has 0 bridgehead atoms. The predicted molar refractivity (Wildman–Crippen MR) is 115 cm³/mol. The standard InChI is InChI=1S/C19H25N7O3.CH2O2/c1-12-7-16-20-9-14(19(28)26(16)22-12)18(27)25-5-6-29-15(11-23(2)3)17(25)13-8-21-24(4)10-13;2-1-3/h7-10,15,17,22H,5-6,11H2,1-4H3;1H,(H,2,3)/t15-,17-;/m0./s1. The number of H-pyrrole nitrogens is 1. The number of hydrogen-bond donors (Lipinski definition) is 2. The van der Waals surface area contributed by atoms with Crippen LogP contribution in [0.3, 0.4) is 0 Å². The zero-order chi connectivity index (χ0) is 23.4. The maximum absolute atomic E-state index is 13.5. The highest BCUT2D eigenvalue weighted by molar-refractivity contribution is 5.94. The molecule has 0 aliphatic carbocycles. The van der Waals surface area contributed by atoms with Crippen molar-refractivity contribution in [2.45, 2.75) is 19.1 Å². The molecule has 0 unspecified atom stereocenters. The Morgan fingerprint density at radius 3 is 2.75 bits per heavy atom. The number of carbonyl (C=O) groups excluding carboxylic acids is 1. The number of ether oxygens (including phenoxy) is 1. The summed E-state index contributed by atoms with van der Waals surface area (Å²) in [6, 6.07) is 1.41. The lowest BCUT2D eigenvalue weighted by molar-refractivity contribution is -0.122. The van der Waals surface area contributed by atoms with E-state index in [2.05, 4.69) is 15.2 Å². The minimum absolute atomic E-state index is 0.0312. The number of aromatic amines is 1. The molecule has 12 heteroatoms. The molecule has 1 amide bonds. The fourth-order valence-electron chi connectivity index (χ4n) is 3.84. The first-order valence-corrected chi connectivity index (χ1v) is 9.98. The van der Waals surface area contributed by atoms with Gasteiger partial charge in [0.1, 0.15) is 5.56 Å². The topological polar surface area (TPSA) is 138 Å². The molecule has 4 rings (SSSR count). The van der Waals surface area contributed by atoms with Crippen molar-refractivity contribution < 1.29 is 19.4 Å². The van der Waals surface area contributed by atoms with Crippen molar-refractivity contribution in [2.24, 2.45) is 7.05 Å². The van der Waals surface area contributed by atoms with Crippen molar-refractivity contribution in [3.8, 4) is 0 Å². The summed E-state index contributed by atoms with van der Waals surface area (Å²) in [6.07, 6.45) is 4.75. The van der Waals surface area contributed by atoms with E-state index < -0.39 is 5.56 Å². The van der Waals surface area contributed by atoms with Crippen LogP contribution in [-0.2, 0) is 16.6 Å². The van der Waals surface area contributed by atoms with Crippen LogP contribution in [-0.4, -0.2) is 91.6 Å². The minimum atomic E-state index is -0.409. The summed E-state index contributed by atoms with van der Waals surface area (Å²) in [6.45, 7) is 3.01. The van der Waals surface area contributed by atoms with Gasteiger partial charge in [-0.15, -0.1) is 0 Å². The van der Waals surface area contributed by atoms with Crippen LogP contribution in [0.4, 0.5) is 0 Å². The van der Waals surface area contributed by atoms with Gasteiger partial charge in [-0.1, -0.05) is 0 Å². The second-order valence-corrected chi connectivity index (χ2v) is 7.78. The lowest BCUT2D eigenvalue weighted by Crippen LogP contribution is -2.52. The molecule has 0 saturated carbocycles. The fraction of sp³-hybridized carbons (Fsp3) is 0.450. The van der Waals surface area contributed by atoms with E-state index in [4.69, 9.17) is 14.6 Å². The lowest BCUT2D eigenvalue weighted by atomic mass is 9.99. The van der Waals surface area contributed by atoms with Gasteiger partial charge >= 0.3 is 0 Å². The average Bonchev–Trinajstić information content (AvgIpc) is 3.33. The van der Waals surface area contributed by atoms with Crippen LogP contribution in [0.2, 0.25) is 0 Å². The number of aromatic nitrogens is 5. The SMILES string of the molecule is Cc1cc2ncc(C(=O)N3CCO[C@@H](CN(C)C)[C@@H]3c3cnn(C)c3)c(=O)n2[nH]1.O=CO. The Morgan fingerprint density at radius 2 is 2.12 bits per heavy atom. The third-order valence-electron chi connectivity index (χ3n) is 5.08. The summed E-state index contributed by atoms with van der Waals surface area (Å²) in [7, 11) is 5.75. The van der Waals surface area contributed by atoms with Crippen LogP contribution in [0.25, 0.3) is 5.65 Å². The van der Waals surface area contributed by atoms with Crippen LogP contribution in [0.5, 0.6) is 0 Å². The van der Waals surface area contributed by atoms with E-state index >= 15 is 0 Å². The Labute approximate surface area is 184 Å². The summed E-state index contributed by atoms with van der Waals surface area (Å²) in [5.74, 6) is -0.356. The second-order valence-electron chi connectivity index (χ2n) is 7.78. The zero-order valence-electron chi connectivity index (χ0n) is 18.4. The molecule has 1 aliphatic rings. The van der Waals surface area contributed by atoms with Crippen molar-refractivity contribution in [1.82, 2.24) is 34.2 Å². The first-order chi connectivity index (χ1) is 15.3. The van der Waals surface area contributed by atoms with Gasteiger partial charge in [-0.2, -0.15) is 5.10 Å². The highest BCUT2D eigenvalue weighted by Crippen LogP contribution is 2.30. The van der Waals surface area contributed by atoms with Crippen molar-refractivity contribution in [3.63, 3.8) is 0 Å². The van der Waals surface area contributed by atoms with Gasteiger partial charge in [-0.25, -0.2) is 9.50 Å². The third-order valence-corrected chi connectivity index (χ3v) is 5.08. The van der Waals surface area contributed by atoms with Crippen molar-refractivity contribution in [3.05, 3.63) is 51.8 Å². The van der Waals surface area contributed by atoms with E-state index in [0.717, 1.165) is 11.3 Å². The fourth-order valence-corrected chi connectivity index (χ4v) is 3.84. The molecule has 1 aliphatic heterocycles. The van der Waals surface area contributed by atoms with Crippen molar-refractivity contribution in [1.29, 1.82) is 0 Å². The number of rotatable bonds is 4. The van der Waals surface area contributed by atoms with Gasteiger partial charge in [0, 0.05) is 49.9 Å². The molecule has 2 atom stereocenters. The van der Waals surface area contributed by atoms with E-state index in [1.54, 1.807) is 21.8 Å². The maximum Gasteiger partial charge on any atom is 0.290 e. The van der Waals surface area contributed by atoms with Crippen LogP contribution >= 0.6 is 0 Å². The smallest absolute Gasteiger partial charge is 0.290 e. The summed E-state index contributed by atoms with van der Waals surface area (Å²) < 4.78 is 9.01. The van der Waals surface area contributed by atoms with Gasteiger partial charge in [0.25, 0.3) is 17.9 Å². The molecule has 4 heterocycles. The monoisotopic (exact) mass is 445 g/mol. The number of likely N-dealkylation sites (N-methyl/N-ethyl adjacent to an activating group) is 1. The number of carbonyl (C=O) groups is 2. The summed E-state index contributed by atoms with van der Waals surface area (Å²) in [5, 5.41) is 14.1. The van der Waals surface area contributed by atoms with E-state index in [0.29, 0.717) is 25.3 Å². The first kappa shape index (κ1) is 23.2. The average molecular weight is 445 g/mol. The summed E-state index contributed by atoms with van der Waals surface area (Å²) >= 11 is 0. The molecule has 12 nitrogen and oxygen atoms in total. The molecule has 32 heavy (non-hydrogen) atoms. The van der Waals surface area contributed by atoms with Crippen LogP contribution < -0.4 is 5.56 Å². The molecule has 3 aromatic heterocycles. The Morgan fingerprint density at radius 1 is 1.41 bits per heavy atom. The molecular formula is C20H27N7O5. The Balaban J connectivity index is 0.000000913. The molecule has 0 spiro atoms. The summed E-state index contributed by atoms with van der Waals surface area (Å²) in [5.41, 5.74) is 1.78. The number of aryl methyl sites for hydroxylation is 2. The highest BCUT2D eigenvalue weighted by Gasteiger charge is 2.38. The molecule has 0 radical (unpaired) electrons. The highest BCUT2D eigenvalue weighted by atomic mass is 16.5. The molecular weight excluding hydrogens is 418 g/mol. The molecule has 172 valence electrons. The molecule has 1 saturated heterocycles. The molecule has 0 aromatic carbocycles. The van der Waals surface area contributed by atoms with Crippen LogP contribution in [0, 0.1) is 6.92 Å². The van der Waals surface area contributed by atoms with Gasteiger partial charge in [0.2, 0.25) is 0 Å². The van der Waals surface area contributed by atoms with E-state index in [1.165, 1.54) is 10.7 Å². The van der Waals surface area contributed by atoms with Gasteiger partial charge in [-0.3, -0.25) is 24.2 Å². The van der Waals surface area contributed by atoms with Gasteiger partial charge in [0.05, 0.1) is 24.9 Å². The van der Waals surface area contributed by atoms with Gasteiger partial charge < -0.3 is 19.6 Å². The largest absolute Gasteiger partial charge is 0.483 e. The summed E-state index contributed by atoms with van der Waals surface area (Å²) in [4.78, 5) is 42.7. The number of morpholine rings is 1. The Kier molecular flexibility index (Phi) is 7.05. The molecule has 2 N–H and O–H groups in total. The Hall–Kier alpha value is -3.51. The lowest BCUT2D eigenvalue weighted by Gasteiger charge is -2.41. The number of fused-ring (bicyclic) bond motifs is 1. The minimum Gasteiger partial charge on any atom is -0.483 e. The number of nitrogens with zero attached hydrogens (tertiary/aromatic N) is 6. The van der Waals surface area contributed by atoms with Gasteiger partial charge in [0.15, 0.2) is 5.65 Å². The number of amides is 1. The number of carboxylic acid groups (broad SMARTS) is 1. The Bertz CT molecular complexity index is 1150. The maximum atomic E-state index is 13.5. The first-order valence-electron chi connectivity index (χ1n) is 9.98.